The molecule has 0 aromatic rings. The summed E-state index contributed by atoms with van der Waals surface area (Å²) in [4.78, 5) is 29.3. The van der Waals surface area contributed by atoms with Crippen LogP contribution in [0, 0.1) is 5.41 Å². The molecular formula is C18H33ClN2O3. The van der Waals surface area contributed by atoms with Crippen molar-refractivity contribution >= 4 is 23.6 Å². The minimum atomic E-state index is -0.902. The van der Waals surface area contributed by atoms with Gasteiger partial charge in [0.1, 0.15) is 17.3 Å². The van der Waals surface area contributed by atoms with Crippen LogP contribution in [0.4, 0.5) is 4.79 Å². The second-order valence-electron chi connectivity index (χ2n) is 8.93. The molecule has 0 aromatic heterocycles. The molecule has 0 saturated carbocycles. The predicted molar refractivity (Wildman–Crippen MR) is 97.1 cm³/mol. The fourth-order valence-corrected chi connectivity index (χ4v) is 3.60. The first kappa shape index (κ1) is 21.1. The van der Waals surface area contributed by atoms with Crippen LogP contribution in [0.15, 0.2) is 0 Å². The maximum absolute atomic E-state index is 13.0. The van der Waals surface area contributed by atoms with Gasteiger partial charge in [0.2, 0.25) is 5.91 Å². The van der Waals surface area contributed by atoms with Crippen molar-refractivity contribution in [3.8, 4) is 0 Å². The van der Waals surface area contributed by atoms with Crippen LogP contribution in [-0.4, -0.2) is 52.0 Å². The van der Waals surface area contributed by atoms with E-state index in [1.165, 1.54) is 0 Å². The van der Waals surface area contributed by atoms with E-state index in [1.807, 2.05) is 48.5 Å². The quantitative estimate of drug-likeness (QED) is 0.556. The molecule has 0 unspecified atom stereocenters. The van der Waals surface area contributed by atoms with E-state index in [1.54, 1.807) is 16.8 Å². The Bertz CT molecular complexity index is 482. The Hall–Kier alpha value is -0.970. The number of amides is 2. The maximum Gasteiger partial charge on any atom is 0.412 e. The van der Waals surface area contributed by atoms with Gasteiger partial charge in [0.25, 0.3) is 0 Å². The Morgan fingerprint density at radius 2 is 1.75 bits per heavy atom. The molecule has 1 aliphatic heterocycles. The molecule has 1 rings (SSSR count). The van der Waals surface area contributed by atoms with Gasteiger partial charge in [-0.05, 0) is 47.0 Å². The zero-order valence-electron chi connectivity index (χ0n) is 16.4. The van der Waals surface area contributed by atoms with Crippen molar-refractivity contribution in [2.24, 2.45) is 5.41 Å². The monoisotopic (exact) mass is 360 g/mol. The standard InChI is InChI=1S/C18H33ClN2O3/c1-16(2,3)13-20(8)14(22)18(7,11-9-10-12-19)21(13)15(23)24-17(4,5)6/h13H,9-12H2,1-8H3/t13-,18+/m0/s1. The van der Waals surface area contributed by atoms with Gasteiger partial charge in [0.05, 0.1) is 0 Å². The van der Waals surface area contributed by atoms with Gasteiger partial charge in [-0.1, -0.05) is 20.8 Å². The molecule has 1 aliphatic rings. The molecule has 6 heteroatoms. The molecule has 24 heavy (non-hydrogen) atoms. The summed E-state index contributed by atoms with van der Waals surface area (Å²) in [6.07, 6.45) is 1.40. The lowest BCUT2D eigenvalue weighted by Gasteiger charge is -2.42. The number of carbonyl (C=O) groups is 2. The van der Waals surface area contributed by atoms with Crippen LogP contribution in [0.2, 0.25) is 0 Å². The van der Waals surface area contributed by atoms with E-state index in [0.29, 0.717) is 12.3 Å². The smallest absolute Gasteiger partial charge is 0.412 e. The third-order valence-electron chi connectivity index (χ3n) is 4.34. The summed E-state index contributed by atoms with van der Waals surface area (Å²) in [5.74, 6) is 0.512. The van der Waals surface area contributed by atoms with Gasteiger partial charge in [0, 0.05) is 18.3 Å². The van der Waals surface area contributed by atoms with E-state index < -0.39 is 17.2 Å². The van der Waals surface area contributed by atoms with E-state index >= 15 is 0 Å². The minimum Gasteiger partial charge on any atom is -0.444 e. The minimum absolute atomic E-state index is 0.0390. The Balaban J connectivity index is 3.27. The first-order chi connectivity index (χ1) is 10.8. The summed E-state index contributed by atoms with van der Waals surface area (Å²) in [6.45, 7) is 13.4. The van der Waals surface area contributed by atoms with E-state index in [-0.39, 0.29) is 17.5 Å². The van der Waals surface area contributed by atoms with Crippen molar-refractivity contribution in [3.63, 3.8) is 0 Å². The Labute approximate surface area is 151 Å². The van der Waals surface area contributed by atoms with Crippen molar-refractivity contribution in [3.05, 3.63) is 0 Å². The van der Waals surface area contributed by atoms with Crippen LogP contribution >= 0.6 is 11.6 Å². The molecule has 0 radical (unpaired) electrons. The lowest BCUT2D eigenvalue weighted by atomic mass is 9.89. The van der Waals surface area contributed by atoms with Crippen LogP contribution in [0.5, 0.6) is 0 Å². The predicted octanol–water partition coefficient (Wildman–Crippen LogP) is 4.24. The van der Waals surface area contributed by atoms with Gasteiger partial charge in [0.15, 0.2) is 0 Å². The summed E-state index contributed by atoms with van der Waals surface area (Å²) < 4.78 is 5.63. The zero-order chi connectivity index (χ0) is 18.9. The van der Waals surface area contributed by atoms with Gasteiger partial charge in [-0.3, -0.25) is 9.69 Å². The van der Waals surface area contributed by atoms with Gasteiger partial charge in [-0.2, -0.15) is 0 Å². The van der Waals surface area contributed by atoms with Crippen LogP contribution in [0.25, 0.3) is 0 Å². The number of carbonyl (C=O) groups excluding carboxylic acids is 2. The molecule has 0 spiro atoms. The van der Waals surface area contributed by atoms with Crippen molar-refractivity contribution in [1.82, 2.24) is 9.80 Å². The molecule has 0 N–H and O–H groups in total. The Morgan fingerprint density at radius 1 is 1.21 bits per heavy atom. The molecule has 140 valence electrons. The number of hydrogen-bond donors (Lipinski definition) is 0. The number of hydrogen-bond acceptors (Lipinski definition) is 3. The molecule has 1 heterocycles. The molecule has 0 aliphatic carbocycles. The molecule has 5 nitrogen and oxygen atoms in total. The highest BCUT2D eigenvalue weighted by Crippen LogP contribution is 2.42. The van der Waals surface area contributed by atoms with E-state index in [0.717, 1.165) is 12.8 Å². The highest BCUT2D eigenvalue weighted by molar-refractivity contribution is 6.17. The number of unbranched alkanes of at least 4 members (excludes halogenated alkanes) is 1. The van der Waals surface area contributed by atoms with Crippen LogP contribution < -0.4 is 0 Å². The first-order valence-electron chi connectivity index (χ1n) is 8.61. The molecular weight excluding hydrogens is 328 g/mol. The number of nitrogens with zero attached hydrogens (tertiary/aromatic N) is 2. The largest absolute Gasteiger partial charge is 0.444 e. The maximum atomic E-state index is 13.0. The van der Waals surface area contributed by atoms with Crippen LogP contribution in [-0.2, 0) is 9.53 Å². The summed E-state index contributed by atoms with van der Waals surface area (Å²) in [5.41, 5.74) is -1.80. The summed E-state index contributed by atoms with van der Waals surface area (Å²) >= 11 is 5.78. The number of halogens is 1. The van der Waals surface area contributed by atoms with E-state index in [2.05, 4.69) is 0 Å². The van der Waals surface area contributed by atoms with Crippen LogP contribution in [0.1, 0.15) is 67.7 Å². The fourth-order valence-electron chi connectivity index (χ4n) is 3.41. The lowest BCUT2D eigenvalue weighted by molar-refractivity contribution is -0.133. The van der Waals surface area contributed by atoms with E-state index in [9.17, 15) is 9.59 Å². The topological polar surface area (TPSA) is 49.9 Å². The highest BCUT2D eigenvalue weighted by atomic mass is 35.5. The van der Waals surface area contributed by atoms with Gasteiger partial charge < -0.3 is 9.64 Å². The van der Waals surface area contributed by atoms with Gasteiger partial charge in [-0.15, -0.1) is 11.6 Å². The molecule has 2 atom stereocenters. The third-order valence-corrected chi connectivity index (χ3v) is 4.60. The van der Waals surface area contributed by atoms with Crippen molar-refractivity contribution in [2.45, 2.75) is 85.0 Å². The van der Waals surface area contributed by atoms with E-state index in [4.69, 9.17) is 16.3 Å². The number of rotatable bonds is 4. The summed E-state index contributed by atoms with van der Waals surface area (Å²) in [6, 6.07) is 0. The Morgan fingerprint density at radius 3 is 2.17 bits per heavy atom. The average molecular weight is 361 g/mol. The average Bonchev–Trinajstić information content (AvgIpc) is 2.58. The molecule has 1 saturated heterocycles. The third kappa shape index (κ3) is 4.35. The van der Waals surface area contributed by atoms with Crippen molar-refractivity contribution < 1.29 is 14.3 Å². The number of likely N-dealkylation sites (N-methyl/N-ethyl adjacent to an activating group) is 1. The SMILES string of the molecule is CN1C(=O)[C@@](C)(CCCCCl)N(C(=O)OC(C)(C)C)[C@H]1C(C)(C)C. The van der Waals surface area contributed by atoms with Crippen LogP contribution in [0.3, 0.4) is 0 Å². The zero-order valence-corrected chi connectivity index (χ0v) is 17.2. The van der Waals surface area contributed by atoms with Crippen molar-refractivity contribution in [2.75, 3.05) is 12.9 Å². The lowest BCUT2D eigenvalue weighted by Crippen LogP contribution is -2.56. The number of alkyl halides is 1. The Kier molecular flexibility index (Phi) is 6.24. The summed E-state index contributed by atoms with van der Waals surface area (Å²) in [5, 5.41) is 0. The molecule has 0 bridgehead atoms. The molecule has 2 amide bonds. The molecule has 1 fully saturated rings. The number of ether oxygens (including phenoxy) is 1. The summed E-state index contributed by atoms with van der Waals surface area (Å²) in [7, 11) is 1.77. The highest BCUT2D eigenvalue weighted by Gasteiger charge is 2.59. The van der Waals surface area contributed by atoms with Gasteiger partial charge in [-0.25, -0.2) is 4.79 Å². The molecule has 0 aromatic carbocycles. The first-order valence-corrected chi connectivity index (χ1v) is 9.14. The second-order valence-corrected chi connectivity index (χ2v) is 9.30. The van der Waals surface area contributed by atoms with Gasteiger partial charge >= 0.3 is 6.09 Å². The second kappa shape index (κ2) is 7.11. The van der Waals surface area contributed by atoms with Crippen molar-refractivity contribution in [1.29, 1.82) is 0 Å². The normalized spacial score (nSPS) is 25.4. The fraction of sp³-hybridized carbons (Fsp3) is 0.889.